The molecule has 0 amide bonds. The van der Waals surface area contributed by atoms with E-state index in [1.807, 2.05) is 0 Å². The molecule has 3 rings (SSSR count). The predicted octanol–water partition coefficient (Wildman–Crippen LogP) is 8.87. The number of hydrogen-bond donors (Lipinski definition) is 0. The maximum absolute atomic E-state index is 14.8. The number of alkyl halides is 6. The van der Waals surface area contributed by atoms with Gasteiger partial charge in [0.25, 0.3) is 0 Å². The second kappa shape index (κ2) is 9.29. The molecule has 0 heterocycles. The van der Waals surface area contributed by atoms with Crippen LogP contribution < -0.4 is 0 Å². The fourth-order valence-corrected chi connectivity index (χ4v) is 4.57. The molecule has 1 nitrogen and oxygen atoms in total. The van der Waals surface area contributed by atoms with Crippen LogP contribution in [0.5, 0.6) is 0 Å². The van der Waals surface area contributed by atoms with Gasteiger partial charge in [0.15, 0.2) is 5.78 Å². The van der Waals surface area contributed by atoms with Crippen molar-refractivity contribution in [2.24, 2.45) is 5.92 Å². The number of allylic oxidation sites excluding steroid dienone is 1. The summed E-state index contributed by atoms with van der Waals surface area (Å²) in [7, 11) is 0. The van der Waals surface area contributed by atoms with Crippen LogP contribution in [0.1, 0.15) is 52.2 Å². The molecule has 172 valence electrons. The van der Waals surface area contributed by atoms with Crippen molar-refractivity contribution in [3.05, 3.63) is 73.7 Å². The van der Waals surface area contributed by atoms with Crippen LogP contribution in [0.25, 0.3) is 5.83 Å². The highest BCUT2D eigenvalue weighted by atomic mass is 79.9. The maximum Gasteiger partial charge on any atom is 0.417 e. The number of rotatable bonds is 6. The van der Waals surface area contributed by atoms with Gasteiger partial charge in [-0.3, -0.25) is 4.79 Å². The third kappa shape index (κ3) is 6.21. The van der Waals surface area contributed by atoms with E-state index in [2.05, 4.69) is 31.9 Å². The van der Waals surface area contributed by atoms with Crippen molar-refractivity contribution in [1.82, 2.24) is 0 Å². The van der Waals surface area contributed by atoms with Crippen molar-refractivity contribution in [2.75, 3.05) is 0 Å². The molecule has 1 unspecified atom stereocenters. The molecule has 0 N–H and O–H groups in total. The van der Waals surface area contributed by atoms with Crippen molar-refractivity contribution in [1.29, 1.82) is 0 Å². The summed E-state index contributed by atoms with van der Waals surface area (Å²) in [6.07, 6.45) is -8.17. The molecule has 1 saturated carbocycles. The van der Waals surface area contributed by atoms with Gasteiger partial charge in [-0.1, -0.05) is 44.0 Å². The Labute approximate surface area is 195 Å². The van der Waals surface area contributed by atoms with Crippen molar-refractivity contribution in [3.8, 4) is 0 Å². The highest BCUT2D eigenvalue weighted by Gasteiger charge is 2.41. The summed E-state index contributed by atoms with van der Waals surface area (Å²) in [5, 5.41) is 0. The Balaban J connectivity index is 2.03. The van der Waals surface area contributed by atoms with E-state index in [0.29, 0.717) is 15.0 Å². The Morgan fingerprint density at radius 1 is 1.00 bits per heavy atom. The zero-order chi connectivity index (χ0) is 23.8. The van der Waals surface area contributed by atoms with Crippen LogP contribution in [0.15, 0.2) is 51.4 Å². The standard InChI is InChI=1S/C22H15Br2F7O/c23-14-6-13(7-15(24)9-14)17(21(26,27)28)10-19(25)12-3-4-16(18(8-12)22(29,30)31)20(32)5-11-1-2-11/h3-4,6-11,17H,1-2,5H2/b19-10-. The summed E-state index contributed by atoms with van der Waals surface area (Å²) in [6, 6.07) is 5.89. The maximum atomic E-state index is 14.8. The first-order valence-corrected chi connectivity index (χ1v) is 11.0. The Morgan fingerprint density at radius 2 is 1.59 bits per heavy atom. The van der Waals surface area contributed by atoms with Crippen molar-refractivity contribution in [2.45, 2.75) is 37.5 Å². The molecule has 0 aromatic heterocycles. The molecule has 0 spiro atoms. The van der Waals surface area contributed by atoms with E-state index in [4.69, 9.17) is 0 Å². The lowest BCUT2D eigenvalue weighted by atomic mass is 9.94. The summed E-state index contributed by atoms with van der Waals surface area (Å²) in [5.41, 5.74) is -2.97. The number of hydrogen-bond acceptors (Lipinski definition) is 1. The number of Topliss-reactive ketones (excluding diaryl/α,β-unsaturated/α-hetero) is 1. The van der Waals surface area contributed by atoms with Gasteiger partial charge in [-0.15, -0.1) is 0 Å². The second-order valence-corrected chi connectivity index (χ2v) is 9.40. The normalized spacial score (nSPS) is 16.2. The highest BCUT2D eigenvalue weighted by Crippen LogP contribution is 2.42. The first-order valence-electron chi connectivity index (χ1n) is 9.40. The minimum atomic E-state index is -4.97. The van der Waals surface area contributed by atoms with Gasteiger partial charge in [0.1, 0.15) is 11.7 Å². The van der Waals surface area contributed by atoms with Gasteiger partial charge in [-0.05, 0) is 54.7 Å². The second-order valence-electron chi connectivity index (χ2n) is 7.57. The Hall–Kier alpha value is -1.68. The zero-order valence-corrected chi connectivity index (χ0v) is 19.3. The van der Waals surface area contributed by atoms with E-state index < -0.39 is 46.6 Å². The molecule has 1 fully saturated rings. The monoisotopic (exact) mass is 586 g/mol. The fraction of sp³-hybridized carbons (Fsp3) is 0.318. The van der Waals surface area contributed by atoms with Gasteiger partial charge in [-0.2, -0.15) is 26.3 Å². The van der Waals surface area contributed by atoms with Gasteiger partial charge < -0.3 is 0 Å². The first kappa shape index (κ1) is 25.0. The Kier molecular flexibility index (Phi) is 7.24. The van der Waals surface area contributed by atoms with Crippen LogP contribution in [0.4, 0.5) is 30.7 Å². The van der Waals surface area contributed by atoms with E-state index >= 15 is 0 Å². The zero-order valence-electron chi connectivity index (χ0n) is 16.1. The van der Waals surface area contributed by atoms with E-state index in [-0.39, 0.29) is 24.0 Å². The molecule has 0 saturated heterocycles. The van der Waals surface area contributed by atoms with Gasteiger partial charge >= 0.3 is 12.4 Å². The summed E-state index contributed by atoms with van der Waals surface area (Å²) in [6.45, 7) is 0. The number of carbonyl (C=O) groups is 1. The molecule has 1 aliphatic rings. The number of benzene rings is 2. The molecule has 1 atom stereocenters. The van der Waals surface area contributed by atoms with Crippen molar-refractivity contribution >= 4 is 43.5 Å². The fourth-order valence-electron chi connectivity index (χ4n) is 3.24. The van der Waals surface area contributed by atoms with Gasteiger partial charge in [0.05, 0.1) is 5.56 Å². The third-order valence-corrected chi connectivity index (χ3v) is 5.90. The average molecular weight is 588 g/mol. The summed E-state index contributed by atoms with van der Waals surface area (Å²) in [4.78, 5) is 12.2. The lowest BCUT2D eigenvalue weighted by molar-refractivity contribution is -0.140. The predicted molar refractivity (Wildman–Crippen MR) is 113 cm³/mol. The third-order valence-electron chi connectivity index (χ3n) is 4.98. The van der Waals surface area contributed by atoms with Gasteiger partial charge in [-0.25, -0.2) is 4.39 Å². The lowest BCUT2D eigenvalue weighted by Crippen LogP contribution is -2.19. The van der Waals surface area contributed by atoms with Gasteiger partial charge in [0.2, 0.25) is 0 Å². The van der Waals surface area contributed by atoms with Crippen LogP contribution >= 0.6 is 31.9 Å². The molecule has 0 bridgehead atoms. The van der Waals surface area contributed by atoms with E-state index in [1.54, 1.807) is 0 Å². The van der Waals surface area contributed by atoms with E-state index in [0.717, 1.165) is 37.1 Å². The van der Waals surface area contributed by atoms with E-state index in [1.165, 1.54) is 6.07 Å². The smallest absolute Gasteiger partial charge is 0.294 e. The molecule has 0 radical (unpaired) electrons. The van der Waals surface area contributed by atoms with Gasteiger partial charge in [0, 0.05) is 26.5 Å². The topological polar surface area (TPSA) is 17.1 Å². The number of ketones is 1. The largest absolute Gasteiger partial charge is 0.417 e. The molecule has 10 heteroatoms. The summed E-state index contributed by atoms with van der Waals surface area (Å²) < 4.78 is 96.9. The quantitative estimate of drug-likeness (QED) is 0.244. The van der Waals surface area contributed by atoms with Crippen LogP contribution in [0.2, 0.25) is 0 Å². The molecule has 0 aliphatic heterocycles. The lowest BCUT2D eigenvalue weighted by Gasteiger charge is -2.19. The molecular weight excluding hydrogens is 573 g/mol. The van der Waals surface area contributed by atoms with Crippen molar-refractivity contribution in [3.63, 3.8) is 0 Å². The minimum absolute atomic E-state index is 0.0388. The van der Waals surface area contributed by atoms with Crippen LogP contribution in [-0.4, -0.2) is 12.0 Å². The summed E-state index contributed by atoms with van der Waals surface area (Å²) >= 11 is 6.13. The molecule has 1 aliphatic carbocycles. The van der Waals surface area contributed by atoms with Crippen molar-refractivity contribution < 1.29 is 35.5 Å². The highest BCUT2D eigenvalue weighted by molar-refractivity contribution is 9.11. The molecule has 2 aromatic carbocycles. The Bertz CT molecular complexity index is 1030. The number of halogens is 9. The molecule has 2 aromatic rings. The molecular formula is C22H15Br2F7O. The van der Waals surface area contributed by atoms with Crippen LogP contribution in [-0.2, 0) is 6.18 Å². The summed E-state index contributed by atoms with van der Waals surface area (Å²) in [5.74, 6) is -4.56. The van der Waals surface area contributed by atoms with Crippen LogP contribution in [0.3, 0.4) is 0 Å². The average Bonchev–Trinajstić information content (AvgIpc) is 3.46. The van der Waals surface area contributed by atoms with Crippen LogP contribution in [0, 0.1) is 5.92 Å². The molecule has 32 heavy (non-hydrogen) atoms. The SMILES string of the molecule is O=C(CC1CC1)c1ccc(/C(F)=C/C(c2cc(Br)cc(Br)c2)C(F)(F)F)cc1C(F)(F)F. The first-order chi connectivity index (χ1) is 14.8. The van der Waals surface area contributed by atoms with E-state index in [9.17, 15) is 35.5 Å². The minimum Gasteiger partial charge on any atom is -0.294 e. The Morgan fingerprint density at radius 3 is 2.09 bits per heavy atom. The number of carbonyl (C=O) groups excluding carboxylic acids is 1.